The van der Waals surface area contributed by atoms with Gasteiger partial charge in [0.05, 0.1) is 39.9 Å². The zero-order chi connectivity index (χ0) is 38.1. The van der Waals surface area contributed by atoms with Crippen LogP contribution in [0.25, 0.3) is 44.8 Å². The van der Waals surface area contributed by atoms with Crippen molar-refractivity contribution < 1.29 is 27.1 Å². The second kappa shape index (κ2) is 13.4. The Hall–Kier alpha value is -4.98. The predicted molar refractivity (Wildman–Crippen MR) is 207 cm³/mol. The van der Waals surface area contributed by atoms with E-state index in [0.717, 1.165) is 69.8 Å². The van der Waals surface area contributed by atoms with Gasteiger partial charge in [-0.15, -0.1) is 0 Å². The van der Waals surface area contributed by atoms with Crippen molar-refractivity contribution >= 4 is 49.8 Å². The number of aromatic nitrogens is 4. The Morgan fingerprint density at radius 2 is 1.85 bits per heavy atom. The van der Waals surface area contributed by atoms with Gasteiger partial charge in [0.2, 0.25) is 10.0 Å². The van der Waals surface area contributed by atoms with Gasteiger partial charge in [0.25, 0.3) is 5.91 Å². The van der Waals surface area contributed by atoms with Gasteiger partial charge in [0.15, 0.2) is 5.82 Å². The maximum Gasteiger partial charge on any atom is 0.408 e. The molecule has 2 aliphatic heterocycles. The van der Waals surface area contributed by atoms with Gasteiger partial charge in [-0.1, -0.05) is 6.07 Å². The third-order valence-electron chi connectivity index (χ3n) is 10.6. The van der Waals surface area contributed by atoms with Crippen LogP contribution in [-0.2, 0) is 34.8 Å². The Balaban J connectivity index is 1.11. The van der Waals surface area contributed by atoms with Gasteiger partial charge < -0.3 is 24.1 Å². The van der Waals surface area contributed by atoms with Crippen molar-refractivity contribution in [2.45, 2.75) is 71.6 Å². The van der Waals surface area contributed by atoms with Crippen LogP contribution >= 0.6 is 0 Å². The number of hydrogen-bond donors (Lipinski definition) is 1. The van der Waals surface area contributed by atoms with Crippen LogP contribution in [0.5, 0.6) is 0 Å². The molecule has 0 bridgehead atoms. The molecule has 12 nitrogen and oxygen atoms in total. The van der Waals surface area contributed by atoms with Crippen molar-refractivity contribution in [2.24, 2.45) is 13.0 Å². The Kier molecular flexibility index (Phi) is 8.94. The average molecular weight is 756 g/mol. The topological polar surface area (TPSA) is 132 Å². The maximum absolute atomic E-state index is 14.0. The van der Waals surface area contributed by atoms with Crippen LogP contribution in [0.15, 0.2) is 48.5 Å². The number of anilines is 1. The molecule has 1 saturated carbocycles. The number of carbonyl (C=O) groups excluding carboxylic acids is 2. The number of pyridine rings is 1. The van der Waals surface area contributed by atoms with Crippen molar-refractivity contribution in [2.75, 3.05) is 36.4 Å². The number of nitrogens with one attached hydrogen (secondary N) is 1. The number of rotatable bonds is 9. The third-order valence-corrected chi connectivity index (χ3v) is 12.5. The summed E-state index contributed by atoms with van der Waals surface area (Å²) in [5.74, 6) is 1.27. The number of alkyl carbamates (subject to hydrolysis) is 1. The number of amides is 2. The van der Waals surface area contributed by atoms with Crippen LogP contribution in [0, 0.1) is 12.8 Å². The average Bonchev–Trinajstić information content (AvgIpc) is 3.65. The number of alkyl halides is 1. The highest BCUT2D eigenvalue weighted by molar-refractivity contribution is 7.93. The summed E-state index contributed by atoms with van der Waals surface area (Å²) in [5, 5.41) is 3.56. The Morgan fingerprint density at radius 3 is 2.54 bits per heavy atom. The Labute approximate surface area is 314 Å². The first-order valence-electron chi connectivity index (χ1n) is 18.7. The quantitative estimate of drug-likeness (QED) is 0.185. The van der Waals surface area contributed by atoms with Crippen molar-refractivity contribution in [1.82, 2.24) is 29.3 Å². The van der Waals surface area contributed by atoms with Crippen LogP contribution in [0.1, 0.15) is 61.5 Å². The lowest BCUT2D eigenvalue weighted by atomic mass is 9.97. The molecule has 2 aromatic carbocycles. The predicted octanol–water partition coefficient (Wildman–Crippen LogP) is 6.38. The molecule has 5 aromatic rings. The lowest BCUT2D eigenvalue weighted by Crippen LogP contribution is -2.50. The molecule has 2 amide bonds. The van der Waals surface area contributed by atoms with Crippen LogP contribution in [-0.4, -0.2) is 88.1 Å². The van der Waals surface area contributed by atoms with E-state index in [2.05, 4.69) is 26.6 Å². The minimum Gasteiger partial charge on any atom is -0.444 e. The lowest BCUT2D eigenvalue weighted by molar-refractivity contribution is 0.0466. The van der Waals surface area contributed by atoms with Gasteiger partial charge in [0.1, 0.15) is 17.9 Å². The van der Waals surface area contributed by atoms with Crippen LogP contribution < -0.4 is 9.62 Å². The summed E-state index contributed by atoms with van der Waals surface area (Å²) < 4.78 is 50.3. The number of imidazole rings is 1. The Morgan fingerprint density at radius 1 is 1.06 bits per heavy atom. The molecule has 0 spiro atoms. The monoisotopic (exact) mass is 755 g/mol. The molecule has 3 aromatic heterocycles. The van der Waals surface area contributed by atoms with Gasteiger partial charge in [-0.25, -0.2) is 27.6 Å². The second-order valence-corrected chi connectivity index (χ2v) is 17.9. The van der Waals surface area contributed by atoms with Crippen LogP contribution in [0.3, 0.4) is 0 Å². The number of ether oxygens (including phenoxy) is 1. The van der Waals surface area contributed by atoms with E-state index in [9.17, 15) is 22.4 Å². The number of hydrogen-bond acceptors (Lipinski definition) is 7. The fourth-order valence-electron chi connectivity index (χ4n) is 7.72. The molecule has 54 heavy (non-hydrogen) atoms. The molecule has 5 heterocycles. The van der Waals surface area contributed by atoms with E-state index in [1.165, 1.54) is 4.31 Å². The summed E-state index contributed by atoms with van der Waals surface area (Å²) in [4.78, 5) is 38.0. The second-order valence-electron chi connectivity index (χ2n) is 15.9. The summed E-state index contributed by atoms with van der Waals surface area (Å²) in [6.07, 6.45) is 2.81. The maximum atomic E-state index is 14.0. The molecular weight excluding hydrogens is 710 g/mol. The normalized spacial score (nSPS) is 17.7. The molecule has 2 fully saturated rings. The minimum atomic E-state index is -3.28. The van der Waals surface area contributed by atoms with E-state index in [1.807, 2.05) is 50.4 Å². The first-order valence-corrected chi connectivity index (χ1v) is 20.3. The fourth-order valence-corrected chi connectivity index (χ4v) is 9.27. The largest absolute Gasteiger partial charge is 0.444 e. The molecule has 0 radical (unpaired) electrons. The summed E-state index contributed by atoms with van der Waals surface area (Å²) in [5.41, 5.74) is 7.51. The van der Waals surface area contributed by atoms with Crippen molar-refractivity contribution in [1.29, 1.82) is 0 Å². The highest BCUT2D eigenvalue weighted by Gasteiger charge is 2.32. The number of aryl methyl sites for hydroxylation is 2. The SMILES string of the molecule is Cc1cc(N2CCCS2(=O)=O)ccc1-c1ccc2cc(-c3nc4cc5c(cc4n3C)CCN(C[C@@H](CF)NC(=O)OC(C)(C)C)C5=O)n(CC3CC3)c2n1. The van der Waals surface area contributed by atoms with Gasteiger partial charge in [-0.3, -0.25) is 9.10 Å². The zero-order valence-corrected chi connectivity index (χ0v) is 32.2. The van der Waals surface area contributed by atoms with E-state index in [4.69, 9.17) is 14.7 Å². The highest BCUT2D eigenvalue weighted by atomic mass is 32.2. The highest BCUT2D eigenvalue weighted by Crippen LogP contribution is 2.38. The van der Waals surface area contributed by atoms with E-state index < -0.39 is 34.4 Å². The summed E-state index contributed by atoms with van der Waals surface area (Å²) in [7, 11) is -1.29. The van der Waals surface area contributed by atoms with E-state index >= 15 is 0 Å². The summed E-state index contributed by atoms with van der Waals surface area (Å²) in [6, 6.07) is 15.0. The number of fused-ring (bicyclic) bond motifs is 3. The van der Waals surface area contributed by atoms with Crippen molar-refractivity contribution in [3.05, 3.63) is 65.2 Å². The standard InChI is InChI=1S/C40H46FN7O5S/c1-24-17-29(48-14-6-16-54(48,51)52)10-11-30(24)32-12-9-27-19-35(47(36(27)43-32)22-25-7-8-25)37-44-33-20-31-26(18-34(33)45(37)5)13-15-46(38(31)49)23-28(21-41)42-39(50)53-40(2,3)4/h9-12,17-20,25,28H,6-8,13-16,21-23H2,1-5H3,(H,42,50)/t28-/m1/s1. The third kappa shape index (κ3) is 6.80. The first-order chi connectivity index (χ1) is 25.7. The number of sulfonamides is 1. The summed E-state index contributed by atoms with van der Waals surface area (Å²) >= 11 is 0. The summed E-state index contributed by atoms with van der Waals surface area (Å²) in [6.45, 7) is 8.10. The van der Waals surface area contributed by atoms with Gasteiger partial charge >= 0.3 is 6.09 Å². The van der Waals surface area contributed by atoms with Crippen molar-refractivity contribution in [3.63, 3.8) is 0 Å². The first kappa shape index (κ1) is 36.0. The number of benzene rings is 2. The van der Waals surface area contributed by atoms with Crippen molar-refractivity contribution in [3.8, 4) is 22.8 Å². The molecule has 0 unspecified atom stereocenters. The van der Waals surface area contributed by atoms with Gasteiger partial charge in [0, 0.05) is 49.7 Å². The molecule has 1 atom stereocenters. The van der Waals surface area contributed by atoms with E-state index in [0.29, 0.717) is 48.6 Å². The Bertz CT molecular complexity index is 2430. The van der Waals surface area contributed by atoms with E-state index in [-0.39, 0.29) is 18.2 Å². The number of halogens is 1. The smallest absolute Gasteiger partial charge is 0.408 e. The number of carbonyl (C=O) groups is 2. The zero-order valence-electron chi connectivity index (χ0n) is 31.4. The van der Waals surface area contributed by atoms with Gasteiger partial charge in [-0.05, 0) is 113 Å². The molecule has 1 aliphatic carbocycles. The van der Waals surface area contributed by atoms with E-state index in [1.54, 1.807) is 25.7 Å². The molecule has 284 valence electrons. The number of nitrogens with zero attached hydrogens (tertiary/aromatic N) is 6. The lowest BCUT2D eigenvalue weighted by Gasteiger charge is -2.31. The molecule has 1 saturated heterocycles. The molecular formula is C40H46FN7O5S. The minimum absolute atomic E-state index is 0.0276. The van der Waals surface area contributed by atoms with Crippen LogP contribution in [0.4, 0.5) is 14.9 Å². The molecule has 1 N–H and O–H groups in total. The molecule has 14 heteroatoms. The fraction of sp³-hybridized carbons (Fsp3) is 0.450. The van der Waals surface area contributed by atoms with Gasteiger partial charge in [-0.2, -0.15) is 0 Å². The van der Waals surface area contributed by atoms with Crippen LogP contribution in [0.2, 0.25) is 0 Å². The molecule has 8 rings (SSSR count). The molecule has 3 aliphatic rings.